The standard InChI is InChI=1S/C19H22F3N5O.C7H14.CH5N/c1-10(2)18(27-17-14(21)7-13(20)8-15(17)22)26-16-9-23-19(25-12(16)4)24-11(3)5-6-28;1-6-3-4-7(2)5-6;1-2/h6-11H,5H2,1-4H3,(H,26,27)(H,23,24,25);6-7H,3-5H2,1-2H3;2H2,1H3. The predicted octanol–water partition coefficient (Wildman–Crippen LogP) is 6.41. The fourth-order valence-corrected chi connectivity index (χ4v) is 3.78. The van der Waals surface area contributed by atoms with Crippen LogP contribution in [0.5, 0.6) is 0 Å². The zero-order chi connectivity index (χ0) is 28.1. The van der Waals surface area contributed by atoms with E-state index in [9.17, 15) is 18.0 Å². The van der Waals surface area contributed by atoms with E-state index in [2.05, 4.69) is 45.2 Å². The molecule has 0 radical (unpaired) electrons. The second kappa shape index (κ2) is 16.0. The SMILES string of the molecule is CC1CCC(C)C1.CN.Cc1nc(NC(C)CC=O)ncc1NC(=Nc1c(F)cc(F)cc1F)C(C)C. The molecule has 1 aliphatic carbocycles. The number of benzene rings is 1. The number of hydrogen-bond donors (Lipinski definition) is 3. The Morgan fingerprint density at radius 3 is 2.14 bits per heavy atom. The predicted molar refractivity (Wildman–Crippen MR) is 145 cm³/mol. The fraction of sp³-hybridized carbons (Fsp3) is 0.556. The molecule has 0 aliphatic heterocycles. The quantitative estimate of drug-likeness (QED) is 0.221. The highest BCUT2D eigenvalue weighted by Gasteiger charge is 2.17. The molecule has 1 aromatic carbocycles. The molecule has 1 aliphatic rings. The summed E-state index contributed by atoms with van der Waals surface area (Å²) >= 11 is 0. The Balaban J connectivity index is 0.000000645. The van der Waals surface area contributed by atoms with Gasteiger partial charge in [-0.05, 0) is 39.2 Å². The zero-order valence-corrected chi connectivity index (χ0v) is 22.9. The molecule has 0 bridgehead atoms. The molecule has 7 nitrogen and oxygen atoms in total. The van der Waals surface area contributed by atoms with Crippen molar-refractivity contribution >= 4 is 29.4 Å². The van der Waals surface area contributed by atoms with E-state index >= 15 is 0 Å². The number of hydrogen-bond acceptors (Lipinski definition) is 6. The fourth-order valence-electron chi connectivity index (χ4n) is 3.78. The van der Waals surface area contributed by atoms with E-state index in [0.29, 0.717) is 35.9 Å². The van der Waals surface area contributed by atoms with Gasteiger partial charge in [-0.3, -0.25) is 0 Å². The summed E-state index contributed by atoms with van der Waals surface area (Å²) in [5.41, 5.74) is 5.00. The Hall–Kier alpha value is -3.01. The largest absolute Gasteiger partial charge is 0.351 e. The van der Waals surface area contributed by atoms with Crippen LogP contribution in [0.2, 0.25) is 0 Å². The third-order valence-electron chi connectivity index (χ3n) is 5.79. The number of aliphatic imine (C=N–C) groups is 1. The van der Waals surface area contributed by atoms with E-state index in [0.717, 1.165) is 18.1 Å². The summed E-state index contributed by atoms with van der Waals surface area (Å²) in [6, 6.07) is 1.04. The Morgan fingerprint density at radius 2 is 1.70 bits per heavy atom. The molecule has 2 aromatic rings. The molecule has 1 fully saturated rings. The molecule has 1 saturated carbocycles. The van der Waals surface area contributed by atoms with Crippen molar-refractivity contribution in [3.8, 4) is 0 Å². The first-order valence-electron chi connectivity index (χ1n) is 12.6. The van der Waals surface area contributed by atoms with E-state index in [1.54, 1.807) is 20.8 Å². The van der Waals surface area contributed by atoms with Gasteiger partial charge in [0.1, 0.15) is 23.6 Å². The van der Waals surface area contributed by atoms with E-state index in [1.807, 2.05) is 6.92 Å². The number of rotatable bonds is 7. The minimum absolute atomic E-state index is 0.118. The Labute approximate surface area is 218 Å². The molecule has 4 N–H and O–H groups in total. The van der Waals surface area contributed by atoms with Crippen molar-refractivity contribution < 1.29 is 18.0 Å². The van der Waals surface area contributed by atoms with Crippen molar-refractivity contribution in [2.75, 3.05) is 17.7 Å². The number of carbonyl (C=O) groups excluding carboxylic acids is 1. The van der Waals surface area contributed by atoms with Gasteiger partial charge in [0.05, 0.1) is 17.6 Å². The van der Waals surface area contributed by atoms with Crippen molar-refractivity contribution in [3.05, 3.63) is 41.5 Å². The van der Waals surface area contributed by atoms with Crippen LogP contribution >= 0.6 is 0 Å². The number of carbonyl (C=O) groups is 1. The molecule has 3 rings (SSSR count). The van der Waals surface area contributed by atoms with Gasteiger partial charge in [0.15, 0.2) is 11.6 Å². The van der Waals surface area contributed by atoms with Crippen LogP contribution in [-0.2, 0) is 4.79 Å². The maximum absolute atomic E-state index is 13.9. The number of nitrogens with zero attached hydrogens (tertiary/aromatic N) is 3. The highest BCUT2D eigenvalue weighted by molar-refractivity contribution is 5.98. The lowest BCUT2D eigenvalue weighted by Crippen LogP contribution is -2.21. The van der Waals surface area contributed by atoms with Crippen LogP contribution in [0.1, 0.15) is 66.0 Å². The van der Waals surface area contributed by atoms with Crippen LogP contribution in [0.15, 0.2) is 23.3 Å². The van der Waals surface area contributed by atoms with Crippen molar-refractivity contribution in [2.45, 2.75) is 73.3 Å². The topological polar surface area (TPSA) is 105 Å². The number of aldehydes is 1. The number of aromatic nitrogens is 2. The normalized spacial score (nSPS) is 17.8. The number of anilines is 2. The van der Waals surface area contributed by atoms with Gasteiger partial charge in [-0.1, -0.05) is 40.5 Å². The van der Waals surface area contributed by atoms with Gasteiger partial charge >= 0.3 is 0 Å². The Bertz CT molecular complexity index is 1000. The smallest absolute Gasteiger partial charge is 0.223 e. The average Bonchev–Trinajstić information content (AvgIpc) is 3.20. The van der Waals surface area contributed by atoms with Crippen LogP contribution in [0.3, 0.4) is 0 Å². The first-order chi connectivity index (χ1) is 17.5. The molecule has 0 spiro atoms. The van der Waals surface area contributed by atoms with Crippen molar-refractivity contribution in [2.24, 2.45) is 28.5 Å². The number of nitrogens with two attached hydrogens (primary N) is 1. The van der Waals surface area contributed by atoms with Gasteiger partial charge < -0.3 is 21.2 Å². The molecule has 3 atom stereocenters. The van der Waals surface area contributed by atoms with Gasteiger partial charge in [-0.25, -0.2) is 28.1 Å². The van der Waals surface area contributed by atoms with Crippen LogP contribution in [-0.4, -0.2) is 35.2 Å². The number of amidine groups is 1. The first-order valence-corrected chi connectivity index (χ1v) is 12.6. The molecule has 37 heavy (non-hydrogen) atoms. The lowest BCUT2D eigenvalue weighted by atomic mass is 10.1. The van der Waals surface area contributed by atoms with E-state index in [1.165, 1.54) is 32.5 Å². The van der Waals surface area contributed by atoms with Crippen molar-refractivity contribution in [3.63, 3.8) is 0 Å². The molecule has 206 valence electrons. The third-order valence-corrected chi connectivity index (χ3v) is 5.79. The second-order valence-electron chi connectivity index (χ2n) is 9.66. The van der Waals surface area contributed by atoms with Gasteiger partial charge in [0.25, 0.3) is 0 Å². The summed E-state index contributed by atoms with van der Waals surface area (Å²) in [6.45, 7) is 11.8. The van der Waals surface area contributed by atoms with E-state index in [-0.39, 0.29) is 17.8 Å². The molecule has 0 saturated heterocycles. The molecule has 0 amide bonds. The summed E-state index contributed by atoms with van der Waals surface area (Å²) in [5.74, 6) is -0.728. The molecular formula is C27H41F3N6O. The van der Waals surface area contributed by atoms with Crippen LogP contribution in [0.25, 0.3) is 0 Å². The number of halogens is 3. The first kappa shape index (κ1) is 32.0. The van der Waals surface area contributed by atoms with Gasteiger partial charge in [0.2, 0.25) is 5.95 Å². The summed E-state index contributed by atoms with van der Waals surface area (Å²) in [6.07, 6.45) is 7.05. The summed E-state index contributed by atoms with van der Waals surface area (Å²) < 4.78 is 40.9. The number of aryl methyl sites for hydroxylation is 1. The molecule has 1 aromatic heterocycles. The number of nitrogens with one attached hydrogen (secondary N) is 2. The zero-order valence-electron chi connectivity index (χ0n) is 22.9. The highest BCUT2D eigenvalue weighted by Crippen LogP contribution is 2.29. The molecule has 3 unspecified atom stereocenters. The Kier molecular flexibility index (Phi) is 13.8. The minimum atomic E-state index is -1.09. The van der Waals surface area contributed by atoms with Crippen LogP contribution in [0.4, 0.5) is 30.5 Å². The van der Waals surface area contributed by atoms with Crippen molar-refractivity contribution in [1.29, 1.82) is 0 Å². The van der Waals surface area contributed by atoms with Gasteiger partial charge in [-0.2, -0.15) is 0 Å². The van der Waals surface area contributed by atoms with E-state index in [4.69, 9.17) is 0 Å². The van der Waals surface area contributed by atoms with Gasteiger partial charge in [0, 0.05) is 30.5 Å². The van der Waals surface area contributed by atoms with Crippen molar-refractivity contribution in [1.82, 2.24) is 9.97 Å². The lowest BCUT2D eigenvalue weighted by Gasteiger charge is -2.16. The third kappa shape index (κ3) is 10.9. The summed E-state index contributed by atoms with van der Waals surface area (Å²) in [4.78, 5) is 23.0. The average molecular weight is 523 g/mol. The maximum atomic E-state index is 13.9. The Morgan fingerprint density at radius 1 is 1.14 bits per heavy atom. The molecule has 10 heteroatoms. The summed E-state index contributed by atoms with van der Waals surface area (Å²) in [7, 11) is 1.50. The molecule has 1 heterocycles. The maximum Gasteiger partial charge on any atom is 0.223 e. The van der Waals surface area contributed by atoms with E-state index < -0.39 is 23.1 Å². The molecular weight excluding hydrogens is 481 g/mol. The second-order valence-corrected chi connectivity index (χ2v) is 9.66. The van der Waals surface area contributed by atoms with Crippen LogP contribution < -0.4 is 16.4 Å². The monoisotopic (exact) mass is 522 g/mol. The van der Waals surface area contributed by atoms with Gasteiger partial charge in [-0.15, -0.1) is 0 Å². The minimum Gasteiger partial charge on any atom is -0.351 e. The summed E-state index contributed by atoms with van der Waals surface area (Å²) in [5, 5.41) is 5.98. The lowest BCUT2D eigenvalue weighted by molar-refractivity contribution is -0.107. The van der Waals surface area contributed by atoms with Crippen LogP contribution in [0, 0.1) is 42.1 Å². The highest BCUT2D eigenvalue weighted by atomic mass is 19.1.